The summed E-state index contributed by atoms with van der Waals surface area (Å²) in [5.41, 5.74) is 1.87. The molecule has 2 aromatic carbocycles. The maximum absolute atomic E-state index is 14.9. The van der Waals surface area contributed by atoms with Gasteiger partial charge < -0.3 is 10.6 Å². The number of anilines is 1. The van der Waals surface area contributed by atoms with Gasteiger partial charge in [-0.1, -0.05) is 6.07 Å². The summed E-state index contributed by atoms with van der Waals surface area (Å²) >= 11 is 1.26. The summed E-state index contributed by atoms with van der Waals surface area (Å²) in [7, 11) is 0. The van der Waals surface area contributed by atoms with Gasteiger partial charge in [-0.15, -0.1) is 11.3 Å². The Morgan fingerprint density at radius 2 is 1.80 bits per heavy atom. The van der Waals surface area contributed by atoms with Crippen molar-refractivity contribution in [2.24, 2.45) is 5.92 Å². The van der Waals surface area contributed by atoms with Crippen molar-refractivity contribution >= 4 is 34.2 Å². The van der Waals surface area contributed by atoms with Crippen LogP contribution in [0.15, 0.2) is 41.9 Å². The minimum Gasteiger partial charge on any atom is -0.352 e. The van der Waals surface area contributed by atoms with E-state index in [0.29, 0.717) is 39.8 Å². The highest BCUT2D eigenvalue weighted by Crippen LogP contribution is 2.32. The standard InChI is InChI=1S/C26H25FN4O3S/c1-14-20(11-17(12-22(14)27)24(33)30-18-5-6-18)19-7-4-16(23(32)29-13-15-2-3-15)10-21(19)25(34)31-26-28-8-9-35-26/h4,7-12,15,18H,2-3,5-6,13H2,1H3,(H,29,32)(H,30,33)(H,28,31,34). The Kier molecular flexibility index (Phi) is 6.34. The number of carbonyl (C=O) groups is 3. The molecule has 1 heterocycles. The molecule has 1 aromatic heterocycles. The molecule has 2 fully saturated rings. The van der Waals surface area contributed by atoms with E-state index in [1.807, 2.05) is 0 Å². The fourth-order valence-electron chi connectivity index (χ4n) is 3.81. The van der Waals surface area contributed by atoms with Crippen LogP contribution >= 0.6 is 11.3 Å². The van der Waals surface area contributed by atoms with Crippen molar-refractivity contribution < 1.29 is 18.8 Å². The molecule has 3 amide bonds. The van der Waals surface area contributed by atoms with E-state index in [4.69, 9.17) is 0 Å². The van der Waals surface area contributed by atoms with Gasteiger partial charge in [-0.3, -0.25) is 19.7 Å². The molecule has 3 aromatic rings. The van der Waals surface area contributed by atoms with E-state index < -0.39 is 11.7 Å². The Morgan fingerprint density at radius 3 is 2.49 bits per heavy atom. The third-order valence-corrected chi connectivity index (χ3v) is 6.93. The van der Waals surface area contributed by atoms with Crippen LogP contribution in [0.4, 0.5) is 9.52 Å². The number of benzene rings is 2. The predicted octanol–water partition coefficient (Wildman–Crippen LogP) is 4.54. The summed E-state index contributed by atoms with van der Waals surface area (Å²) in [6.45, 7) is 2.20. The lowest BCUT2D eigenvalue weighted by Gasteiger charge is -2.16. The molecule has 5 rings (SSSR count). The molecule has 2 aliphatic rings. The quantitative estimate of drug-likeness (QED) is 0.430. The summed E-state index contributed by atoms with van der Waals surface area (Å²) < 4.78 is 14.9. The van der Waals surface area contributed by atoms with E-state index in [2.05, 4.69) is 20.9 Å². The minimum atomic E-state index is -0.541. The van der Waals surface area contributed by atoms with Crippen molar-refractivity contribution in [3.8, 4) is 11.1 Å². The molecule has 2 saturated carbocycles. The lowest BCUT2D eigenvalue weighted by Crippen LogP contribution is -2.26. The van der Waals surface area contributed by atoms with Crippen LogP contribution in [0.5, 0.6) is 0 Å². The average Bonchev–Trinajstić information content (AvgIpc) is 3.79. The Morgan fingerprint density at radius 1 is 1.00 bits per heavy atom. The van der Waals surface area contributed by atoms with Gasteiger partial charge in [0.25, 0.3) is 17.7 Å². The number of nitrogens with one attached hydrogen (secondary N) is 3. The Bertz CT molecular complexity index is 1300. The lowest BCUT2D eigenvalue weighted by molar-refractivity contribution is 0.0943. The number of carbonyl (C=O) groups excluding carboxylic acids is 3. The molecular weight excluding hydrogens is 467 g/mol. The molecule has 0 bridgehead atoms. The van der Waals surface area contributed by atoms with Gasteiger partial charge in [0, 0.05) is 40.9 Å². The van der Waals surface area contributed by atoms with E-state index in [9.17, 15) is 18.8 Å². The highest BCUT2D eigenvalue weighted by molar-refractivity contribution is 7.13. The van der Waals surface area contributed by atoms with Gasteiger partial charge >= 0.3 is 0 Å². The number of halogens is 1. The van der Waals surface area contributed by atoms with Crippen LogP contribution in [0.3, 0.4) is 0 Å². The highest BCUT2D eigenvalue weighted by atomic mass is 32.1. The number of amides is 3. The van der Waals surface area contributed by atoms with Crippen molar-refractivity contribution in [3.05, 3.63) is 70.0 Å². The summed E-state index contributed by atoms with van der Waals surface area (Å²) in [6, 6.07) is 7.70. The van der Waals surface area contributed by atoms with Gasteiger partial charge in [-0.2, -0.15) is 0 Å². The van der Waals surface area contributed by atoms with E-state index in [0.717, 1.165) is 25.7 Å². The molecule has 0 saturated heterocycles. The molecule has 7 nitrogen and oxygen atoms in total. The van der Waals surface area contributed by atoms with Crippen LogP contribution in [0, 0.1) is 18.7 Å². The predicted molar refractivity (Wildman–Crippen MR) is 132 cm³/mol. The topological polar surface area (TPSA) is 100 Å². The fourth-order valence-corrected chi connectivity index (χ4v) is 4.33. The summed E-state index contributed by atoms with van der Waals surface area (Å²) in [5, 5.41) is 10.7. The van der Waals surface area contributed by atoms with Crippen LogP contribution < -0.4 is 16.0 Å². The van der Waals surface area contributed by atoms with Crippen molar-refractivity contribution in [2.45, 2.75) is 38.6 Å². The maximum Gasteiger partial charge on any atom is 0.258 e. The Balaban J connectivity index is 1.53. The normalized spacial score (nSPS) is 14.9. The van der Waals surface area contributed by atoms with Crippen molar-refractivity contribution in [1.82, 2.24) is 15.6 Å². The molecule has 0 spiro atoms. The van der Waals surface area contributed by atoms with E-state index in [1.54, 1.807) is 36.7 Å². The van der Waals surface area contributed by atoms with Gasteiger partial charge in [0.15, 0.2) is 5.13 Å². The average molecular weight is 493 g/mol. The van der Waals surface area contributed by atoms with Crippen molar-refractivity contribution in [2.75, 3.05) is 11.9 Å². The van der Waals surface area contributed by atoms with Crippen molar-refractivity contribution in [3.63, 3.8) is 0 Å². The molecule has 3 N–H and O–H groups in total. The number of hydrogen-bond acceptors (Lipinski definition) is 5. The first kappa shape index (κ1) is 23.2. The Hall–Kier alpha value is -3.59. The number of nitrogens with zero attached hydrogens (tertiary/aromatic N) is 1. The minimum absolute atomic E-state index is 0.128. The SMILES string of the molecule is Cc1c(F)cc(C(=O)NC2CC2)cc1-c1ccc(C(=O)NCC2CC2)cc1C(=O)Nc1nccs1. The molecular formula is C26H25FN4O3S. The molecule has 9 heteroatoms. The van der Waals surface area contributed by atoms with Gasteiger partial charge in [-0.25, -0.2) is 9.37 Å². The third kappa shape index (κ3) is 5.40. The number of rotatable bonds is 8. The smallest absolute Gasteiger partial charge is 0.258 e. The molecule has 180 valence electrons. The summed E-state index contributed by atoms with van der Waals surface area (Å²) in [6.07, 6.45) is 5.62. The van der Waals surface area contributed by atoms with Gasteiger partial charge in [-0.05, 0) is 79.5 Å². The lowest BCUT2D eigenvalue weighted by atomic mass is 9.92. The van der Waals surface area contributed by atoms with Crippen LogP contribution in [0.25, 0.3) is 11.1 Å². The van der Waals surface area contributed by atoms with Crippen molar-refractivity contribution in [1.29, 1.82) is 0 Å². The number of thiazole rings is 1. The van der Waals surface area contributed by atoms with Gasteiger partial charge in [0.1, 0.15) is 5.82 Å². The first-order chi connectivity index (χ1) is 16.9. The van der Waals surface area contributed by atoms with Gasteiger partial charge in [0.05, 0.1) is 0 Å². The van der Waals surface area contributed by atoms with Gasteiger partial charge in [0.2, 0.25) is 0 Å². The largest absolute Gasteiger partial charge is 0.352 e. The van der Waals surface area contributed by atoms with Crippen LogP contribution in [0.2, 0.25) is 0 Å². The highest BCUT2D eigenvalue weighted by Gasteiger charge is 2.26. The zero-order chi connectivity index (χ0) is 24.5. The first-order valence-corrected chi connectivity index (χ1v) is 12.5. The monoisotopic (exact) mass is 492 g/mol. The summed E-state index contributed by atoms with van der Waals surface area (Å²) in [4.78, 5) is 42.7. The first-order valence-electron chi connectivity index (χ1n) is 11.6. The number of hydrogen-bond donors (Lipinski definition) is 3. The van der Waals surface area contributed by atoms with Crippen LogP contribution in [0.1, 0.15) is 62.3 Å². The number of aromatic nitrogens is 1. The second-order valence-corrected chi connectivity index (χ2v) is 9.98. The van der Waals surface area contributed by atoms with E-state index in [-0.39, 0.29) is 29.0 Å². The Labute approximate surface area is 206 Å². The molecule has 0 atom stereocenters. The molecule has 2 aliphatic carbocycles. The van der Waals surface area contributed by atoms with Crippen LogP contribution in [-0.2, 0) is 0 Å². The zero-order valence-corrected chi connectivity index (χ0v) is 20.0. The fraction of sp³-hybridized carbons (Fsp3) is 0.308. The maximum atomic E-state index is 14.9. The molecule has 0 aliphatic heterocycles. The second-order valence-electron chi connectivity index (χ2n) is 9.08. The van der Waals surface area contributed by atoms with E-state index in [1.165, 1.54) is 23.5 Å². The molecule has 0 radical (unpaired) electrons. The third-order valence-electron chi connectivity index (χ3n) is 6.24. The van der Waals surface area contributed by atoms with Crippen LogP contribution in [-0.4, -0.2) is 35.3 Å². The summed E-state index contributed by atoms with van der Waals surface area (Å²) in [5.74, 6) is -1.12. The molecule has 35 heavy (non-hydrogen) atoms. The second kappa shape index (κ2) is 9.58. The van der Waals surface area contributed by atoms with E-state index >= 15 is 0 Å². The molecule has 0 unspecified atom stereocenters. The zero-order valence-electron chi connectivity index (χ0n) is 19.2.